The number of amides is 1. The summed E-state index contributed by atoms with van der Waals surface area (Å²) in [5.74, 6) is -0.220. The van der Waals surface area contributed by atoms with Crippen molar-refractivity contribution in [2.45, 2.75) is 26.8 Å². The van der Waals surface area contributed by atoms with Gasteiger partial charge in [0.15, 0.2) is 0 Å². The number of anilines is 1. The van der Waals surface area contributed by atoms with Crippen molar-refractivity contribution in [2.24, 2.45) is 11.1 Å². The molecular formula is C13H17N3O. The van der Waals surface area contributed by atoms with Crippen molar-refractivity contribution in [3.8, 4) is 6.07 Å². The molecule has 0 fully saturated rings. The summed E-state index contributed by atoms with van der Waals surface area (Å²) in [6.07, 6.45) is 0. The lowest BCUT2D eigenvalue weighted by Gasteiger charge is -2.25. The maximum absolute atomic E-state index is 11.8. The van der Waals surface area contributed by atoms with Crippen LogP contribution >= 0.6 is 0 Å². The Morgan fingerprint density at radius 1 is 1.35 bits per heavy atom. The molecule has 0 bridgehead atoms. The first-order valence-electron chi connectivity index (χ1n) is 5.41. The summed E-state index contributed by atoms with van der Waals surface area (Å²) in [7, 11) is 0. The minimum absolute atomic E-state index is 0.220. The lowest BCUT2D eigenvalue weighted by molar-refractivity contribution is -0.119. The van der Waals surface area contributed by atoms with Gasteiger partial charge in [-0.15, -0.1) is 0 Å². The average molecular weight is 231 g/mol. The van der Waals surface area contributed by atoms with Crippen LogP contribution in [0.15, 0.2) is 24.3 Å². The smallest absolute Gasteiger partial charge is 0.241 e. The van der Waals surface area contributed by atoms with E-state index in [0.717, 1.165) is 0 Å². The van der Waals surface area contributed by atoms with Crippen molar-refractivity contribution >= 4 is 11.6 Å². The third-order valence-corrected chi connectivity index (χ3v) is 2.50. The maximum Gasteiger partial charge on any atom is 0.241 e. The van der Waals surface area contributed by atoms with Crippen LogP contribution in [0, 0.1) is 16.7 Å². The van der Waals surface area contributed by atoms with Gasteiger partial charge in [0.1, 0.15) is 0 Å². The highest BCUT2D eigenvalue weighted by atomic mass is 16.2. The second kappa shape index (κ2) is 4.98. The molecule has 0 aliphatic heterocycles. The molecular weight excluding hydrogens is 214 g/mol. The fourth-order valence-corrected chi connectivity index (χ4v) is 1.24. The van der Waals surface area contributed by atoms with Gasteiger partial charge in [0, 0.05) is 5.69 Å². The fourth-order valence-electron chi connectivity index (χ4n) is 1.24. The van der Waals surface area contributed by atoms with E-state index in [1.807, 2.05) is 26.8 Å². The largest absolute Gasteiger partial charge is 0.325 e. The van der Waals surface area contributed by atoms with Crippen molar-refractivity contribution < 1.29 is 4.79 Å². The summed E-state index contributed by atoms with van der Waals surface area (Å²) < 4.78 is 0. The normalized spacial score (nSPS) is 12.6. The topological polar surface area (TPSA) is 78.9 Å². The Morgan fingerprint density at radius 2 is 1.88 bits per heavy atom. The Morgan fingerprint density at radius 3 is 2.29 bits per heavy atom. The van der Waals surface area contributed by atoms with E-state index in [4.69, 9.17) is 11.0 Å². The van der Waals surface area contributed by atoms with E-state index in [1.54, 1.807) is 24.3 Å². The molecule has 0 spiro atoms. The highest BCUT2D eigenvalue weighted by Gasteiger charge is 2.27. The average Bonchev–Trinajstić information content (AvgIpc) is 2.27. The van der Waals surface area contributed by atoms with Gasteiger partial charge in [-0.3, -0.25) is 4.79 Å². The maximum atomic E-state index is 11.8. The molecule has 1 aromatic rings. The highest BCUT2D eigenvalue weighted by molar-refractivity contribution is 5.95. The minimum atomic E-state index is -0.571. The van der Waals surface area contributed by atoms with Crippen LogP contribution in [-0.2, 0) is 4.79 Å². The van der Waals surface area contributed by atoms with Gasteiger partial charge in [0.2, 0.25) is 5.91 Å². The summed E-state index contributed by atoms with van der Waals surface area (Å²) in [5, 5.41) is 11.4. The standard InChI is InChI=1S/C13H17N3O/c1-13(2,3)11(15)12(17)16-10-6-4-9(8-14)5-7-10/h4-7,11H,15H2,1-3H3,(H,16,17)/t11-/m0/s1. The second-order valence-corrected chi connectivity index (χ2v) is 5.02. The molecule has 0 radical (unpaired) electrons. The SMILES string of the molecule is CC(C)(C)[C@@H](N)C(=O)Nc1ccc(C#N)cc1. The zero-order valence-corrected chi connectivity index (χ0v) is 10.3. The van der Waals surface area contributed by atoms with E-state index in [1.165, 1.54) is 0 Å². The van der Waals surface area contributed by atoms with E-state index < -0.39 is 6.04 Å². The zero-order valence-electron chi connectivity index (χ0n) is 10.3. The van der Waals surface area contributed by atoms with Gasteiger partial charge in [-0.2, -0.15) is 5.26 Å². The molecule has 3 N–H and O–H groups in total. The lowest BCUT2D eigenvalue weighted by Crippen LogP contribution is -2.45. The first-order chi connectivity index (χ1) is 7.84. The molecule has 4 heteroatoms. The molecule has 0 saturated carbocycles. The van der Waals surface area contributed by atoms with Gasteiger partial charge >= 0.3 is 0 Å². The van der Waals surface area contributed by atoms with Gasteiger partial charge in [-0.05, 0) is 29.7 Å². The number of nitriles is 1. The van der Waals surface area contributed by atoms with Gasteiger partial charge in [0.05, 0.1) is 17.7 Å². The van der Waals surface area contributed by atoms with Crippen molar-refractivity contribution in [3.05, 3.63) is 29.8 Å². The van der Waals surface area contributed by atoms with E-state index in [2.05, 4.69) is 5.32 Å². The number of nitrogens with one attached hydrogen (secondary N) is 1. The third kappa shape index (κ3) is 3.58. The molecule has 90 valence electrons. The number of carbonyl (C=O) groups excluding carboxylic acids is 1. The Kier molecular flexibility index (Phi) is 3.87. The molecule has 4 nitrogen and oxygen atoms in total. The summed E-state index contributed by atoms with van der Waals surface area (Å²) in [6, 6.07) is 8.12. The molecule has 0 saturated heterocycles. The number of hydrogen-bond acceptors (Lipinski definition) is 3. The third-order valence-electron chi connectivity index (χ3n) is 2.50. The molecule has 0 aromatic heterocycles. The molecule has 0 heterocycles. The fraction of sp³-hybridized carbons (Fsp3) is 0.385. The van der Waals surface area contributed by atoms with Gasteiger partial charge in [-0.1, -0.05) is 20.8 Å². The van der Waals surface area contributed by atoms with E-state index in [9.17, 15) is 4.79 Å². The number of carbonyl (C=O) groups is 1. The van der Waals surface area contributed by atoms with Crippen LogP contribution in [0.2, 0.25) is 0 Å². The number of benzene rings is 1. The zero-order chi connectivity index (χ0) is 13.1. The van der Waals surface area contributed by atoms with Crippen LogP contribution < -0.4 is 11.1 Å². The molecule has 17 heavy (non-hydrogen) atoms. The molecule has 1 amide bonds. The summed E-state index contributed by atoms with van der Waals surface area (Å²) in [6.45, 7) is 5.74. The van der Waals surface area contributed by atoms with E-state index in [-0.39, 0.29) is 11.3 Å². The quantitative estimate of drug-likeness (QED) is 0.815. The van der Waals surface area contributed by atoms with E-state index in [0.29, 0.717) is 11.3 Å². The van der Waals surface area contributed by atoms with Gasteiger partial charge in [0.25, 0.3) is 0 Å². The molecule has 0 unspecified atom stereocenters. The van der Waals surface area contributed by atoms with Gasteiger partial charge < -0.3 is 11.1 Å². The lowest BCUT2D eigenvalue weighted by atomic mass is 9.87. The second-order valence-electron chi connectivity index (χ2n) is 5.02. The van der Waals surface area contributed by atoms with Crippen LogP contribution in [-0.4, -0.2) is 11.9 Å². The molecule has 1 rings (SSSR count). The first kappa shape index (κ1) is 13.2. The molecule has 1 atom stereocenters. The summed E-state index contributed by atoms with van der Waals surface area (Å²) >= 11 is 0. The van der Waals surface area contributed by atoms with E-state index >= 15 is 0 Å². The van der Waals surface area contributed by atoms with Crippen LogP contribution in [0.25, 0.3) is 0 Å². The minimum Gasteiger partial charge on any atom is -0.325 e. The first-order valence-corrected chi connectivity index (χ1v) is 5.41. The predicted octanol–water partition coefficient (Wildman–Crippen LogP) is 1.87. The number of rotatable bonds is 2. The van der Waals surface area contributed by atoms with Crippen LogP contribution in [0.3, 0.4) is 0 Å². The Hall–Kier alpha value is -1.86. The Bertz CT molecular complexity index is 437. The van der Waals surface area contributed by atoms with Crippen molar-refractivity contribution in [2.75, 3.05) is 5.32 Å². The number of nitrogens with two attached hydrogens (primary N) is 1. The number of nitrogens with zero attached hydrogens (tertiary/aromatic N) is 1. The number of hydrogen-bond donors (Lipinski definition) is 2. The van der Waals surface area contributed by atoms with Crippen molar-refractivity contribution in [3.63, 3.8) is 0 Å². The Balaban J connectivity index is 2.72. The predicted molar refractivity (Wildman–Crippen MR) is 67.2 cm³/mol. The van der Waals surface area contributed by atoms with Crippen LogP contribution in [0.4, 0.5) is 5.69 Å². The monoisotopic (exact) mass is 231 g/mol. The highest BCUT2D eigenvalue weighted by Crippen LogP contribution is 2.19. The summed E-state index contributed by atoms with van der Waals surface area (Å²) in [4.78, 5) is 11.8. The Labute approximate surface area is 101 Å². The molecule has 1 aromatic carbocycles. The van der Waals surface area contributed by atoms with Crippen LogP contribution in [0.1, 0.15) is 26.3 Å². The van der Waals surface area contributed by atoms with Crippen LogP contribution in [0.5, 0.6) is 0 Å². The van der Waals surface area contributed by atoms with Crippen molar-refractivity contribution in [1.29, 1.82) is 5.26 Å². The van der Waals surface area contributed by atoms with Crippen molar-refractivity contribution in [1.82, 2.24) is 0 Å². The summed E-state index contributed by atoms with van der Waals surface area (Å²) in [5.41, 5.74) is 6.76. The van der Waals surface area contributed by atoms with Gasteiger partial charge in [-0.25, -0.2) is 0 Å². The molecule has 0 aliphatic carbocycles. The molecule has 0 aliphatic rings.